The molecule has 0 N–H and O–H groups in total. The van der Waals surface area contributed by atoms with Gasteiger partial charge < -0.3 is 0 Å². The fourth-order valence-electron chi connectivity index (χ4n) is 7.66. The summed E-state index contributed by atoms with van der Waals surface area (Å²) in [7, 11) is -4.03. The molecule has 5 aromatic rings. The first kappa shape index (κ1) is 33.5. The summed E-state index contributed by atoms with van der Waals surface area (Å²) in [4.78, 5) is 0. The average molecular weight is 635 g/mol. The van der Waals surface area contributed by atoms with E-state index >= 15 is 0 Å². The zero-order valence-corrected chi connectivity index (χ0v) is 31.2. The molecule has 46 heavy (non-hydrogen) atoms. The van der Waals surface area contributed by atoms with Gasteiger partial charge in [0, 0.05) is 11.1 Å². The Bertz CT molecular complexity index is 1810. The molecule has 0 bridgehead atoms. The third-order valence-corrected chi connectivity index (χ3v) is 22.1. The van der Waals surface area contributed by atoms with Crippen molar-refractivity contribution in [1.29, 1.82) is 0 Å². The molecule has 0 fully saturated rings. The number of hydrogen-bond donors (Lipinski definition) is 0. The van der Waals surface area contributed by atoms with Crippen molar-refractivity contribution < 1.29 is 0 Å². The van der Waals surface area contributed by atoms with E-state index in [1.165, 1.54) is 43.1 Å². The Morgan fingerprint density at radius 1 is 0.500 bits per heavy atom. The van der Waals surface area contributed by atoms with E-state index in [1.54, 1.807) is 0 Å². The predicted molar refractivity (Wildman–Crippen MR) is 212 cm³/mol. The molecule has 0 nitrogen and oxygen atoms in total. The van der Waals surface area contributed by atoms with Crippen molar-refractivity contribution in [2.45, 2.75) is 89.6 Å². The normalized spacial score (nSPS) is 12.3. The molecule has 0 radical (unpaired) electrons. The SMILES string of the molecule is C=CC[Si](C#Cc1c2cc3ccccc3cc2c(C#C[Si](CC=C)(C(C)C)C(C)C)c2cc3ccccc3cc12)(C(C)C)C(C)C. The summed E-state index contributed by atoms with van der Waals surface area (Å²) >= 11 is 0. The van der Waals surface area contributed by atoms with Crippen LogP contribution in [0.2, 0.25) is 34.3 Å². The lowest BCUT2D eigenvalue weighted by atomic mass is 9.89. The monoisotopic (exact) mass is 634 g/mol. The van der Waals surface area contributed by atoms with Gasteiger partial charge in [-0.15, -0.1) is 24.2 Å². The van der Waals surface area contributed by atoms with Gasteiger partial charge in [0.1, 0.15) is 16.1 Å². The fraction of sp³-hybridized carbons (Fsp3) is 0.318. The fourth-order valence-corrected chi connectivity index (χ4v) is 15.2. The molecule has 0 spiro atoms. The van der Waals surface area contributed by atoms with Crippen molar-refractivity contribution in [3.63, 3.8) is 0 Å². The first-order valence-electron chi connectivity index (χ1n) is 17.1. The van der Waals surface area contributed by atoms with Gasteiger partial charge in [0.15, 0.2) is 0 Å². The Morgan fingerprint density at radius 3 is 0.978 bits per heavy atom. The number of fused-ring (bicyclic) bond motifs is 4. The number of allylic oxidation sites excluding steroid dienone is 2. The first-order valence-corrected chi connectivity index (χ1v) is 21.8. The van der Waals surface area contributed by atoms with E-state index in [4.69, 9.17) is 0 Å². The second-order valence-electron chi connectivity index (χ2n) is 14.4. The minimum atomic E-state index is -2.01. The summed E-state index contributed by atoms with van der Waals surface area (Å²) in [5.41, 5.74) is 12.4. The summed E-state index contributed by atoms with van der Waals surface area (Å²) in [5, 5.41) is 9.76. The van der Waals surface area contributed by atoms with E-state index in [2.05, 4.69) is 176 Å². The van der Waals surface area contributed by atoms with Crippen LogP contribution < -0.4 is 0 Å². The number of benzene rings is 5. The van der Waals surface area contributed by atoms with Gasteiger partial charge in [-0.05, 0) is 102 Å². The molecule has 234 valence electrons. The second-order valence-corrected chi connectivity index (χ2v) is 24.5. The zero-order valence-electron chi connectivity index (χ0n) is 29.2. The van der Waals surface area contributed by atoms with Gasteiger partial charge in [-0.25, -0.2) is 0 Å². The smallest absolute Gasteiger partial charge is 0.125 e. The summed E-state index contributed by atoms with van der Waals surface area (Å²) in [5.74, 6) is 7.83. The Morgan fingerprint density at radius 2 is 0.761 bits per heavy atom. The standard InChI is InChI=1S/C44H50Si2/c1-11-23-45(31(3)4,32(5)6)25-21-39-41-27-35-17-13-15-19-37(35)29-43(41)40(22-26-46(24-12-2,33(7)8)34(9)10)44-30-38-20-16-14-18-36(38)28-42(39)44/h11-20,27-34H,1-2,23-24H2,3-10H3. The van der Waals surface area contributed by atoms with Crippen LogP contribution in [0.5, 0.6) is 0 Å². The van der Waals surface area contributed by atoms with Crippen LogP contribution in [-0.2, 0) is 0 Å². The molecule has 0 heterocycles. The highest BCUT2D eigenvalue weighted by Gasteiger charge is 2.38. The topological polar surface area (TPSA) is 0 Å². The summed E-state index contributed by atoms with van der Waals surface area (Å²) in [6, 6.07) is 28.9. The quantitative estimate of drug-likeness (QED) is 0.0689. The molecular formula is C44H50Si2. The molecule has 0 unspecified atom stereocenters. The van der Waals surface area contributed by atoms with Crippen molar-refractivity contribution in [2.75, 3.05) is 0 Å². The lowest BCUT2D eigenvalue weighted by Gasteiger charge is -2.33. The number of hydrogen-bond acceptors (Lipinski definition) is 0. The molecule has 0 aliphatic rings. The van der Waals surface area contributed by atoms with Gasteiger partial charge in [0.25, 0.3) is 0 Å². The Balaban J connectivity index is 2.01. The second kappa shape index (κ2) is 13.5. The van der Waals surface area contributed by atoms with E-state index in [9.17, 15) is 0 Å². The Hall–Kier alpha value is -3.83. The molecule has 5 rings (SSSR count). The van der Waals surface area contributed by atoms with Gasteiger partial charge >= 0.3 is 0 Å². The molecule has 0 atom stereocenters. The molecule has 0 saturated carbocycles. The highest BCUT2D eigenvalue weighted by Crippen LogP contribution is 2.40. The van der Waals surface area contributed by atoms with Crippen molar-refractivity contribution in [3.05, 3.63) is 109 Å². The largest absolute Gasteiger partial charge is 0.147 e. The van der Waals surface area contributed by atoms with Crippen molar-refractivity contribution >= 4 is 59.2 Å². The van der Waals surface area contributed by atoms with Gasteiger partial charge in [-0.2, -0.15) is 0 Å². The molecule has 0 aromatic heterocycles. The maximum Gasteiger partial charge on any atom is 0.147 e. The third kappa shape index (κ3) is 5.91. The third-order valence-electron chi connectivity index (χ3n) is 10.8. The summed E-state index contributed by atoms with van der Waals surface area (Å²) in [6.45, 7) is 27.3. The van der Waals surface area contributed by atoms with Crippen molar-refractivity contribution in [1.82, 2.24) is 0 Å². The van der Waals surface area contributed by atoms with Crippen LogP contribution in [0.3, 0.4) is 0 Å². The lowest BCUT2D eigenvalue weighted by Crippen LogP contribution is -2.39. The minimum Gasteiger partial charge on any atom is -0.125 e. The van der Waals surface area contributed by atoms with E-state index in [1.807, 2.05) is 0 Å². The molecule has 0 aliphatic carbocycles. The summed E-state index contributed by atoms with van der Waals surface area (Å²) in [6.07, 6.45) is 4.22. The molecule has 0 amide bonds. The summed E-state index contributed by atoms with van der Waals surface area (Å²) < 4.78 is 0. The zero-order chi connectivity index (χ0) is 33.2. The Labute approximate surface area is 280 Å². The van der Waals surface area contributed by atoms with Crippen LogP contribution in [0.15, 0.2) is 98.1 Å². The highest BCUT2D eigenvalue weighted by molar-refractivity contribution is 6.90. The lowest BCUT2D eigenvalue weighted by molar-refractivity contribution is 0.909. The predicted octanol–water partition coefficient (Wildman–Crippen LogP) is 13.0. The molecule has 0 aliphatic heterocycles. The van der Waals surface area contributed by atoms with Gasteiger partial charge in [0.2, 0.25) is 0 Å². The van der Waals surface area contributed by atoms with Crippen LogP contribution >= 0.6 is 0 Å². The molecule has 5 aromatic carbocycles. The van der Waals surface area contributed by atoms with Crippen molar-refractivity contribution in [3.8, 4) is 22.9 Å². The van der Waals surface area contributed by atoms with Crippen LogP contribution in [0.1, 0.15) is 66.5 Å². The van der Waals surface area contributed by atoms with E-state index in [-0.39, 0.29) is 0 Å². The van der Waals surface area contributed by atoms with Crippen molar-refractivity contribution in [2.24, 2.45) is 0 Å². The van der Waals surface area contributed by atoms with Crippen LogP contribution in [0.4, 0.5) is 0 Å². The highest BCUT2D eigenvalue weighted by atomic mass is 28.3. The minimum absolute atomic E-state index is 0.525. The maximum atomic E-state index is 4.17. The first-order chi connectivity index (χ1) is 22.0. The maximum absolute atomic E-state index is 4.17. The van der Waals surface area contributed by atoms with Crippen LogP contribution in [0.25, 0.3) is 43.1 Å². The van der Waals surface area contributed by atoms with E-state index in [0.717, 1.165) is 23.2 Å². The number of rotatable bonds is 8. The average Bonchev–Trinajstić information content (AvgIpc) is 3.02. The Kier molecular flexibility index (Phi) is 9.84. The van der Waals surface area contributed by atoms with Crippen LogP contribution in [0, 0.1) is 22.9 Å². The van der Waals surface area contributed by atoms with Gasteiger partial charge in [-0.1, -0.05) is 128 Å². The molecule has 0 saturated heterocycles. The molecular weight excluding hydrogens is 585 g/mol. The molecule has 2 heteroatoms. The van der Waals surface area contributed by atoms with Gasteiger partial charge in [0.05, 0.1) is 0 Å². The van der Waals surface area contributed by atoms with Crippen LogP contribution in [-0.4, -0.2) is 16.1 Å². The van der Waals surface area contributed by atoms with E-state index < -0.39 is 16.1 Å². The van der Waals surface area contributed by atoms with E-state index in [0.29, 0.717) is 22.2 Å². The van der Waals surface area contributed by atoms with Gasteiger partial charge in [-0.3, -0.25) is 0 Å².